The minimum absolute atomic E-state index is 0.116. The number of rotatable bonds is 3. The molecule has 1 aromatic carbocycles. The average molecular weight is 325 g/mol. The van der Waals surface area contributed by atoms with Crippen molar-refractivity contribution in [3.8, 4) is 0 Å². The fourth-order valence-corrected chi connectivity index (χ4v) is 5.53. The Hall–Kier alpha value is -1.64. The molecule has 0 aromatic heterocycles. The van der Waals surface area contributed by atoms with E-state index < -0.39 is 22.0 Å². The van der Waals surface area contributed by atoms with Crippen LogP contribution in [0.25, 0.3) is 0 Å². The van der Waals surface area contributed by atoms with Crippen LogP contribution in [0.4, 0.5) is 5.69 Å². The number of nitrogen functional groups attached to an aromatic ring is 1. The number of carbonyl (C=O) groups excluding carboxylic acids is 1. The zero-order valence-corrected chi connectivity index (χ0v) is 12.8. The molecule has 1 aliphatic carbocycles. The topological polar surface area (TPSA) is 113 Å². The number of hydrogen-bond acceptors (Lipinski definition) is 5. The van der Waals surface area contributed by atoms with Crippen molar-refractivity contribution >= 4 is 21.6 Å². The molecule has 0 radical (unpaired) electrons. The van der Waals surface area contributed by atoms with Gasteiger partial charge < -0.3 is 5.73 Å². The van der Waals surface area contributed by atoms with Crippen molar-refractivity contribution < 1.29 is 18.4 Å². The van der Waals surface area contributed by atoms with Gasteiger partial charge in [0.25, 0.3) is 5.91 Å². The number of hydrogen-bond donors (Lipinski definition) is 3. The lowest BCUT2D eigenvalue weighted by molar-refractivity contribution is -0.132. The number of hydroxylamine groups is 1. The third-order valence-corrected chi connectivity index (χ3v) is 6.60. The molecular formula is C14H19N3O4S. The highest BCUT2D eigenvalue weighted by molar-refractivity contribution is 7.89. The molecule has 120 valence electrons. The summed E-state index contributed by atoms with van der Waals surface area (Å²) in [5.74, 6) is -0.501. The molecule has 1 saturated carbocycles. The molecule has 2 aliphatic rings. The maximum Gasteiger partial charge on any atom is 0.261 e. The first-order valence-corrected chi connectivity index (χ1v) is 8.72. The van der Waals surface area contributed by atoms with E-state index in [2.05, 4.69) is 0 Å². The van der Waals surface area contributed by atoms with Gasteiger partial charge in [-0.15, -0.1) is 0 Å². The lowest BCUT2D eigenvalue weighted by Gasteiger charge is -2.27. The van der Waals surface area contributed by atoms with Gasteiger partial charge in [0.2, 0.25) is 10.0 Å². The summed E-state index contributed by atoms with van der Waals surface area (Å²) in [7, 11) is -3.81. The van der Waals surface area contributed by atoms with Crippen molar-refractivity contribution in [2.24, 2.45) is 5.92 Å². The van der Waals surface area contributed by atoms with Crippen LogP contribution in [0.2, 0.25) is 0 Å². The van der Waals surface area contributed by atoms with Gasteiger partial charge in [-0.25, -0.2) is 13.9 Å². The monoisotopic (exact) mass is 325 g/mol. The van der Waals surface area contributed by atoms with E-state index in [1.165, 1.54) is 28.6 Å². The highest BCUT2D eigenvalue weighted by Crippen LogP contribution is 2.44. The number of fused-ring (bicyclic) bond motifs is 1. The summed E-state index contributed by atoms with van der Waals surface area (Å²) in [6.07, 6.45) is 3.06. The summed E-state index contributed by atoms with van der Waals surface area (Å²) in [5.41, 5.74) is 7.67. The standard InChI is InChI=1S/C14H19N3O4S/c15-10-4-6-11(7-5-10)22(20,21)17-12-3-1-2-9(12)8-13(17)14(18)16-19/h4-7,9,12-13,19H,1-3,8,15H2,(H,16,18)/t9-,12-,13-/m1/s1. The Kier molecular flexibility index (Phi) is 3.84. The normalized spacial score (nSPS) is 28.5. The van der Waals surface area contributed by atoms with Crippen LogP contribution in [-0.2, 0) is 14.8 Å². The molecule has 3 rings (SSSR count). The van der Waals surface area contributed by atoms with E-state index in [-0.39, 0.29) is 16.9 Å². The molecule has 3 atom stereocenters. The first-order valence-electron chi connectivity index (χ1n) is 7.28. The Balaban J connectivity index is 2.01. The van der Waals surface area contributed by atoms with Crippen LogP contribution in [0.3, 0.4) is 0 Å². The summed E-state index contributed by atoms with van der Waals surface area (Å²) in [6.45, 7) is 0. The van der Waals surface area contributed by atoms with Crippen LogP contribution in [0.15, 0.2) is 29.2 Å². The third kappa shape index (κ3) is 2.37. The van der Waals surface area contributed by atoms with E-state index in [0.717, 1.165) is 19.3 Å². The zero-order valence-electron chi connectivity index (χ0n) is 12.0. The minimum atomic E-state index is -3.81. The SMILES string of the molecule is Nc1ccc(S(=O)(=O)N2[C@@H](C(=O)NO)C[C@H]3CCC[C@H]32)cc1. The maximum atomic E-state index is 12.9. The van der Waals surface area contributed by atoms with Crippen molar-refractivity contribution in [2.75, 3.05) is 5.73 Å². The number of benzene rings is 1. The summed E-state index contributed by atoms with van der Waals surface area (Å²) in [4.78, 5) is 12.0. The molecule has 4 N–H and O–H groups in total. The molecule has 0 spiro atoms. The lowest BCUT2D eigenvalue weighted by Crippen LogP contribution is -2.48. The zero-order chi connectivity index (χ0) is 15.9. The fourth-order valence-electron chi connectivity index (χ4n) is 3.65. The van der Waals surface area contributed by atoms with Crippen molar-refractivity contribution in [1.82, 2.24) is 9.79 Å². The van der Waals surface area contributed by atoms with E-state index >= 15 is 0 Å². The highest BCUT2D eigenvalue weighted by atomic mass is 32.2. The van der Waals surface area contributed by atoms with Gasteiger partial charge in [-0.2, -0.15) is 4.31 Å². The van der Waals surface area contributed by atoms with Gasteiger partial charge in [-0.05, 0) is 49.4 Å². The lowest BCUT2D eigenvalue weighted by atomic mass is 10.0. The first kappa shape index (κ1) is 15.3. The molecular weight excluding hydrogens is 306 g/mol. The van der Waals surface area contributed by atoms with Crippen LogP contribution in [0.5, 0.6) is 0 Å². The quantitative estimate of drug-likeness (QED) is 0.430. The highest BCUT2D eigenvalue weighted by Gasteiger charge is 2.51. The van der Waals surface area contributed by atoms with Crippen molar-refractivity contribution in [2.45, 2.75) is 42.7 Å². The number of carbonyl (C=O) groups is 1. The second-order valence-corrected chi connectivity index (χ2v) is 7.73. The van der Waals surface area contributed by atoms with Gasteiger partial charge in [0, 0.05) is 11.7 Å². The van der Waals surface area contributed by atoms with Gasteiger partial charge in [-0.1, -0.05) is 6.42 Å². The van der Waals surface area contributed by atoms with Crippen molar-refractivity contribution in [3.05, 3.63) is 24.3 Å². The molecule has 1 heterocycles. The molecule has 1 aromatic rings. The van der Waals surface area contributed by atoms with E-state index in [1.807, 2.05) is 0 Å². The summed E-state index contributed by atoms with van der Waals surface area (Å²) < 4.78 is 27.2. The second-order valence-electron chi connectivity index (χ2n) is 5.89. The summed E-state index contributed by atoms with van der Waals surface area (Å²) in [6, 6.07) is 4.90. The van der Waals surface area contributed by atoms with Crippen molar-refractivity contribution in [3.63, 3.8) is 0 Å². The van der Waals surface area contributed by atoms with Gasteiger partial charge >= 0.3 is 0 Å². The van der Waals surface area contributed by atoms with Crippen LogP contribution in [-0.4, -0.2) is 35.9 Å². The molecule has 0 unspecified atom stereocenters. The summed E-state index contributed by atoms with van der Waals surface area (Å²) in [5, 5.41) is 8.91. The van der Waals surface area contributed by atoms with E-state index in [9.17, 15) is 13.2 Å². The predicted molar refractivity (Wildman–Crippen MR) is 79.3 cm³/mol. The Morgan fingerprint density at radius 3 is 2.59 bits per heavy atom. The molecule has 1 saturated heterocycles. The average Bonchev–Trinajstić information content (AvgIpc) is 3.06. The molecule has 8 heteroatoms. The predicted octanol–water partition coefficient (Wildman–Crippen LogP) is 0.706. The van der Waals surface area contributed by atoms with Gasteiger partial charge in [0.05, 0.1) is 4.90 Å². The molecule has 7 nitrogen and oxygen atoms in total. The molecule has 22 heavy (non-hydrogen) atoms. The van der Waals surface area contributed by atoms with Crippen molar-refractivity contribution in [1.29, 1.82) is 0 Å². The van der Waals surface area contributed by atoms with Crippen LogP contribution < -0.4 is 11.2 Å². The number of sulfonamides is 1. The number of amides is 1. The first-order chi connectivity index (χ1) is 10.4. The van der Waals surface area contributed by atoms with E-state index in [1.54, 1.807) is 5.48 Å². The van der Waals surface area contributed by atoms with Gasteiger partial charge in [0.1, 0.15) is 6.04 Å². The Bertz CT molecular complexity index is 674. The second kappa shape index (κ2) is 5.53. The Morgan fingerprint density at radius 2 is 1.95 bits per heavy atom. The number of nitrogens with one attached hydrogen (secondary N) is 1. The smallest absolute Gasteiger partial charge is 0.261 e. The van der Waals surface area contributed by atoms with Crippen LogP contribution in [0, 0.1) is 5.92 Å². The molecule has 2 fully saturated rings. The summed E-state index contributed by atoms with van der Waals surface area (Å²) >= 11 is 0. The number of nitrogens with two attached hydrogens (primary N) is 1. The van der Waals surface area contributed by atoms with Crippen LogP contribution in [0.1, 0.15) is 25.7 Å². The largest absolute Gasteiger partial charge is 0.399 e. The Morgan fingerprint density at radius 1 is 1.27 bits per heavy atom. The molecule has 0 bridgehead atoms. The van der Waals surface area contributed by atoms with Crippen LogP contribution >= 0.6 is 0 Å². The molecule has 1 amide bonds. The van der Waals surface area contributed by atoms with E-state index in [0.29, 0.717) is 12.1 Å². The molecule has 1 aliphatic heterocycles. The number of nitrogens with zero attached hydrogens (tertiary/aromatic N) is 1. The third-order valence-electron chi connectivity index (χ3n) is 4.65. The van der Waals surface area contributed by atoms with Gasteiger partial charge in [0.15, 0.2) is 0 Å². The fraction of sp³-hybridized carbons (Fsp3) is 0.500. The Labute approximate surface area is 129 Å². The number of anilines is 1. The van der Waals surface area contributed by atoms with Gasteiger partial charge in [-0.3, -0.25) is 10.0 Å². The minimum Gasteiger partial charge on any atom is -0.399 e. The maximum absolute atomic E-state index is 12.9. The van der Waals surface area contributed by atoms with E-state index in [4.69, 9.17) is 10.9 Å².